The SMILES string of the molecule is CCCN(CCC)S(=O)(=O)c1cc(C)c(CNC2CC2)s1. The van der Waals surface area contributed by atoms with E-state index in [0.717, 1.165) is 29.8 Å². The third kappa shape index (κ3) is 4.28. The van der Waals surface area contributed by atoms with Gasteiger partial charge in [0.15, 0.2) is 0 Å². The molecule has 1 N–H and O–H groups in total. The molecule has 0 saturated heterocycles. The molecule has 6 heteroatoms. The molecule has 0 spiro atoms. The molecule has 1 aliphatic carbocycles. The Bertz CT molecular complexity index is 556. The third-order valence-corrected chi connectivity index (χ3v) is 7.25. The van der Waals surface area contributed by atoms with Gasteiger partial charge in [0.1, 0.15) is 4.21 Å². The zero-order chi connectivity index (χ0) is 15.5. The van der Waals surface area contributed by atoms with Gasteiger partial charge in [0.05, 0.1) is 0 Å². The number of sulfonamides is 1. The molecule has 1 aliphatic rings. The topological polar surface area (TPSA) is 49.4 Å². The molecule has 0 bridgehead atoms. The molecule has 0 unspecified atom stereocenters. The lowest BCUT2D eigenvalue weighted by Gasteiger charge is -2.19. The van der Waals surface area contributed by atoms with E-state index in [0.29, 0.717) is 23.3 Å². The molecule has 1 aromatic rings. The fourth-order valence-electron chi connectivity index (χ4n) is 2.29. The summed E-state index contributed by atoms with van der Waals surface area (Å²) >= 11 is 1.42. The standard InChI is InChI=1S/C15H26N2O2S2/c1-4-8-17(9-5-2)21(18,19)15-10-12(3)14(20-15)11-16-13-6-7-13/h10,13,16H,4-9,11H2,1-3H3. The van der Waals surface area contributed by atoms with Crippen molar-refractivity contribution in [2.24, 2.45) is 0 Å². The molecule has 0 amide bonds. The Balaban J connectivity index is 2.15. The van der Waals surface area contributed by atoms with Crippen LogP contribution >= 0.6 is 11.3 Å². The summed E-state index contributed by atoms with van der Waals surface area (Å²) < 4.78 is 27.6. The first kappa shape index (κ1) is 16.9. The van der Waals surface area contributed by atoms with Crippen molar-refractivity contribution in [3.8, 4) is 0 Å². The van der Waals surface area contributed by atoms with E-state index < -0.39 is 10.0 Å². The van der Waals surface area contributed by atoms with Crippen LogP contribution in [0.3, 0.4) is 0 Å². The zero-order valence-corrected chi connectivity index (χ0v) is 14.8. The van der Waals surface area contributed by atoms with E-state index in [9.17, 15) is 8.42 Å². The van der Waals surface area contributed by atoms with Crippen molar-refractivity contribution in [1.29, 1.82) is 0 Å². The molecule has 1 fully saturated rings. The van der Waals surface area contributed by atoms with E-state index in [-0.39, 0.29) is 0 Å². The summed E-state index contributed by atoms with van der Waals surface area (Å²) in [4.78, 5) is 1.15. The minimum absolute atomic E-state index is 0.495. The molecule has 0 atom stereocenters. The second-order valence-electron chi connectivity index (χ2n) is 5.73. The van der Waals surface area contributed by atoms with Gasteiger partial charge in [0.2, 0.25) is 0 Å². The number of hydrogen-bond acceptors (Lipinski definition) is 4. The molecule has 120 valence electrons. The van der Waals surface area contributed by atoms with Gasteiger partial charge in [-0.05, 0) is 44.2 Å². The summed E-state index contributed by atoms with van der Waals surface area (Å²) in [6.45, 7) is 8.03. The lowest BCUT2D eigenvalue weighted by atomic mass is 10.3. The maximum absolute atomic E-state index is 12.7. The second kappa shape index (κ2) is 7.22. The van der Waals surface area contributed by atoms with Crippen LogP contribution in [0.5, 0.6) is 0 Å². The van der Waals surface area contributed by atoms with Gasteiger partial charge in [0.25, 0.3) is 10.0 Å². The summed E-state index contributed by atoms with van der Waals surface area (Å²) in [6.07, 6.45) is 4.19. The van der Waals surface area contributed by atoms with Crippen molar-refractivity contribution in [3.05, 3.63) is 16.5 Å². The fourth-order valence-corrected chi connectivity index (χ4v) is 5.61. The van der Waals surface area contributed by atoms with Crippen molar-refractivity contribution < 1.29 is 8.42 Å². The van der Waals surface area contributed by atoms with Gasteiger partial charge >= 0.3 is 0 Å². The Morgan fingerprint density at radius 3 is 2.43 bits per heavy atom. The van der Waals surface area contributed by atoms with Crippen molar-refractivity contribution in [3.63, 3.8) is 0 Å². The number of nitrogens with one attached hydrogen (secondary N) is 1. The average Bonchev–Trinajstić information content (AvgIpc) is 3.19. The third-order valence-electron chi connectivity index (χ3n) is 3.67. The fraction of sp³-hybridized carbons (Fsp3) is 0.733. The van der Waals surface area contributed by atoms with E-state index in [1.165, 1.54) is 24.2 Å². The zero-order valence-electron chi connectivity index (χ0n) is 13.2. The molecule has 2 rings (SSSR count). The molecule has 0 aromatic carbocycles. The molecule has 1 saturated carbocycles. The van der Waals surface area contributed by atoms with E-state index in [2.05, 4.69) is 5.32 Å². The number of nitrogens with zero attached hydrogens (tertiary/aromatic N) is 1. The Labute approximate surface area is 132 Å². The van der Waals surface area contributed by atoms with Gasteiger partial charge < -0.3 is 5.32 Å². The molecule has 1 heterocycles. The number of aryl methyl sites for hydroxylation is 1. The molecule has 1 aromatic heterocycles. The van der Waals surface area contributed by atoms with Crippen LogP contribution in [-0.2, 0) is 16.6 Å². The first-order chi connectivity index (χ1) is 9.98. The van der Waals surface area contributed by atoms with Crippen LogP contribution in [0.15, 0.2) is 10.3 Å². The van der Waals surface area contributed by atoms with Gasteiger partial charge in [-0.2, -0.15) is 4.31 Å². The van der Waals surface area contributed by atoms with Crippen molar-refractivity contribution in [1.82, 2.24) is 9.62 Å². The Hall–Kier alpha value is -0.430. The van der Waals surface area contributed by atoms with Gasteiger partial charge in [-0.3, -0.25) is 0 Å². The van der Waals surface area contributed by atoms with Crippen LogP contribution in [0.4, 0.5) is 0 Å². The lowest BCUT2D eigenvalue weighted by molar-refractivity contribution is 0.411. The van der Waals surface area contributed by atoms with Crippen LogP contribution < -0.4 is 5.32 Å². The van der Waals surface area contributed by atoms with Crippen LogP contribution in [0.1, 0.15) is 50.0 Å². The van der Waals surface area contributed by atoms with E-state index in [4.69, 9.17) is 0 Å². The van der Waals surface area contributed by atoms with Gasteiger partial charge in [-0.25, -0.2) is 8.42 Å². The maximum Gasteiger partial charge on any atom is 0.252 e. The van der Waals surface area contributed by atoms with Crippen molar-refractivity contribution in [2.45, 2.75) is 63.3 Å². The van der Waals surface area contributed by atoms with Gasteiger partial charge in [-0.1, -0.05) is 13.8 Å². The Kier molecular flexibility index (Phi) is 5.82. The van der Waals surface area contributed by atoms with Crippen molar-refractivity contribution >= 4 is 21.4 Å². The molecular weight excluding hydrogens is 304 g/mol. The van der Waals surface area contributed by atoms with Crippen LogP contribution in [0.2, 0.25) is 0 Å². The van der Waals surface area contributed by atoms with E-state index in [1.807, 2.05) is 26.8 Å². The number of hydrogen-bond donors (Lipinski definition) is 1. The average molecular weight is 331 g/mol. The maximum atomic E-state index is 12.7. The summed E-state index contributed by atoms with van der Waals surface area (Å²) in [7, 11) is -3.33. The largest absolute Gasteiger partial charge is 0.309 e. The predicted octanol–water partition coefficient (Wildman–Crippen LogP) is 3.12. The highest BCUT2D eigenvalue weighted by Gasteiger charge is 2.26. The summed E-state index contributed by atoms with van der Waals surface area (Å²) in [5, 5.41) is 3.46. The lowest BCUT2D eigenvalue weighted by Crippen LogP contribution is -2.32. The summed E-state index contributed by atoms with van der Waals surface area (Å²) in [6, 6.07) is 2.48. The highest BCUT2D eigenvalue weighted by Crippen LogP contribution is 2.29. The summed E-state index contributed by atoms with van der Waals surface area (Å²) in [5.41, 5.74) is 1.08. The smallest absolute Gasteiger partial charge is 0.252 e. The minimum Gasteiger partial charge on any atom is -0.309 e. The number of thiophene rings is 1. The molecule has 4 nitrogen and oxygen atoms in total. The molecule has 0 aliphatic heterocycles. The summed E-state index contributed by atoms with van der Waals surface area (Å²) in [5.74, 6) is 0. The van der Waals surface area contributed by atoms with Crippen LogP contribution in [0, 0.1) is 6.92 Å². The van der Waals surface area contributed by atoms with Crippen molar-refractivity contribution in [2.75, 3.05) is 13.1 Å². The van der Waals surface area contributed by atoms with Crippen LogP contribution in [0.25, 0.3) is 0 Å². The quantitative estimate of drug-likeness (QED) is 0.757. The highest BCUT2D eigenvalue weighted by atomic mass is 32.2. The van der Waals surface area contributed by atoms with E-state index >= 15 is 0 Å². The van der Waals surface area contributed by atoms with E-state index in [1.54, 1.807) is 4.31 Å². The van der Waals surface area contributed by atoms with Gasteiger partial charge in [0, 0.05) is 30.6 Å². The second-order valence-corrected chi connectivity index (χ2v) is 9.03. The molecule has 0 radical (unpaired) electrons. The minimum atomic E-state index is -3.33. The highest BCUT2D eigenvalue weighted by molar-refractivity contribution is 7.91. The Morgan fingerprint density at radius 1 is 1.29 bits per heavy atom. The first-order valence-electron chi connectivity index (χ1n) is 7.81. The monoisotopic (exact) mass is 330 g/mol. The van der Waals surface area contributed by atoms with Gasteiger partial charge in [-0.15, -0.1) is 11.3 Å². The first-order valence-corrected chi connectivity index (χ1v) is 10.1. The molecule has 21 heavy (non-hydrogen) atoms. The van der Waals surface area contributed by atoms with Crippen LogP contribution in [-0.4, -0.2) is 31.9 Å². The normalized spacial score (nSPS) is 15.8. The molecular formula is C15H26N2O2S2. The Morgan fingerprint density at radius 2 is 1.90 bits per heavy atom. The predicted molar refractivity (Wildman–Crippen MR) is 88.3 cm³/mol. The number of rotatable bonds is 9.